The molecule has 2 heterocycles. The number of hydrogen-bond donors (Lipinski definition) is 1. The fourth-order valence-electron chi connectivity index (χ4n) is 1.93. The summed E-state index contributed by atoms with van der Waals surface area (Å²) in [6, 6.07) is 4.13. The fraction of sp³-hybridized carbons (Fsp3) is 0.462. The maximum Gasteiger partial charge on any atom is 0.158 e. The molecular weight excluding hydrogens is 226 g/mol. The van der Waals surface area contributed by atoms with Crippen LogP contribution in [0.5, 0.6) is 0 Å². The van der Waals surface area contributed by atoms with Crippen LogP contribution in [0, 0.1) is 13.8 Å². The van der Waals surface area contributed by atoms with Gasteiger partial charge in [-0.05, 0) is 38.3 Å². The standard InChI is InChI=1S/C13H19N5/c1-4-12(14)8-11-6-5-7-15-13(11)18-10(3)16-9(2)17-18/h5-7,12H,4,8,14H2,1-3H3. The second kappa shape index (κ2) is 5.27. The molecule has 0 aromatic carbocycles. The SMILES string of the molecule is CCC(N)Cc1cccnc1-n1nc(C)nc1C. The van der Waals surface area contributed by atoms with Crippen molar-refractivity contribution in [1.29, 1.82) is 0 Å². The lowest BCUT2D eigenvalue weighted by Gasteiger charge is -2.12. The van der Waals surface area contributed by atoms with Crippen LogP contribution in [0.3, 0.4) is 0 Å². The number of aromatic nitrogens is 4. The third-order valence-electron chi connectivity index (χ3n) is 2.95. The third kappa shape index (κ3) is 2.56. The summed E-state index contributed by atoms with van der Waals surface area (Å²) in [7, 11) is 0. The molecule has 0 fully saturated rings. The molecule has 18 heavy (non-hydrogen) atoms. The molecule has 96 valence electrons. The Labute approximate surface area is 107 Å². The Kier molecular flexibility index (Phi) is 3.72. The van der Waals surface area contributed by atoms with Crippen molar-refractivity contribution in [3.05, 3.63) is 35.5 Å². The van der Waals surface area contributed by atoms with Gasteiger partial charge in [0.05, 0.1) is 0 Å². The summed E-state index contributed by atoms with van der Waals surface area (Å²) in [5, 5.41) is 4.38. The molecule has 1 unspecified atom stereocenters. The van der Waals surface area contributed by atoms with Crippen LogP contribution < -0.4 is 5.73 Å². The highest BCUT2D eigenvalue weighted by atomic mass is 15.4. The molecule has 2 N–H and O–H groups in total. The lowest BCUT2D eigenvalue weighted by atomic mass is 10.1. The highest BCUT2D eigenvalue weighted by molar-refractivity contribution is 5.34. The molecule has 5 heteroatoms. The number of pyridine rings is 1. The van der Waals surface area contributed by atoms with Crippen molar-refractivity contribution in [3.63, 3.8) is 0 Å². The zero-order chi connectivity index (χ0) is 13.1. The second-order valence-electron chi connectivity index (χ2n) is 4.48. The lowest BCUT2D eigenvalue weighted by Crippen LogP contribution is -2.22. The van der Waals surface area contributed by atoms with E-state index in [0.29, 0.717) is 0 Å². The van der Waals surface area contributed by atoms with Gasteiger partial charge in [0.1, 0.15) is 11.6 Å². The van der Waals surface area contributed by atoms with Gasteiger partial charge in [-0.3, -0.25) is 0 Å². The Balaban J connectivity index is 2.41. The van der Waals surface area contributed by atoms with Crippen molar-refractivity contribution in [2.45, 2.75) is 39.7 Å². The van der Waals surface area contributed by atoms with Crippen LogP contribution >= 0.6 is 0 Å². The number of rotatable bonds is 4. The van der Waals surface area contributed by atoms with Crippen molar-refractivity contribution in [3.8, 4) is 5.82 Å². The first-order valence-electron chi connectivity index (χ1n) is 6.22. The van der Waals surface area contributed by atoms with E-state index in [1.54, 1.807) is 10.9 Å². The first-order valence-corrected chi connectivity index (χ1v) is 6.22. The minimum absolute atomic E-state index is 0.151. The first kappa shape index (κ1) is 12.7. The second-order valence-corrected chi connectivity index (χ2v) is 4.48. The normalized spacial score (nSPS) is 12.7. The van der Waals surface area contributed by atoms with E-state index >= 15 is 0 Å². The van der Waals surface area contributed by atoms with E-state index in [9.17, 15) is 0 Å². The van der Waals surface area contributed by atoms with Crippen molar-refractivity contribution in [2.24, 2.45) is 5.73 Å². The van der Waals surface area contributed by atoms with Gasteiger partial charge in [0.25, 0.3) is 0 Å². The maximum atomic E-state index is 6.02. The zero-order valence-corrected chi connectivity index (χ0v) is 11.1. The average Bonchev–Trinajstić information content (AvgIpc) is 2.69. The van der Waals surface area contributed by atoms with Gasteiger partial charge in [0.2, 0.25) is 0 Å². The van der Waals surface area contributed by atoms with Crippen LogP contribution in [0.1, 0.15) is 30.6 Å². The van der Waals surface area contributed by atoms with Crippen molar-refractivity contribution < 1.29 is 0 Å². The summed E-state index contributed by atoms with van der Waals surface area (Å²) >= 11 is 0. The van der Waals surface area contributed by atoms with Gasteiger partial charge in [-0.25, -0.2) is 9.97 Å². The number of aryl methyl sites for hydroxylation is 2. The average molecular weight is 245 g/mol. The largest absolute Gasteiger partial charge is 0.327 e. The minimum atomic E-state index is 0.151. The highest BCUT2D eigenvalue weighted by Crippen LogP contribution is 2.14. The van der Waals surface area contributed by atoms with Gasteiger partial charge in [-0.1, -0.05) is 13.0 Å². The summed E-state index contributed by atoms with van der Waals surface area (Å²) in [5.74, 6) is 2.43. The molecule has 2 aromatic rings. The van der Waals surface area contributed by atoms with Crippen LogP contribution in [0.15, 0.2) is 18.3 Å². The zero-order valence-electron chi connectivity index (χ0n) is 11.1. The Bertz CT molecular complexity index is 532. The molecule has 0 aliphatic carbocycles. The maximum absolute atomic E-state index is 6.02. The van der Waals surface area contributed by atoms with Crippen molar-refractivity contribution in [2.75, 3.05) is 0 Å². The molecular formula is C13H19N5. The molecule has 0 radical (unpaired) electrons. The molecule has 5 nitrogen and oxygen atoms in total. The van der Waals surface area contributed by atoms with Gasteiger partial charge >= 0.3 is 0 Å². The molecule has 0 aliphatic rings. The molecule has 0 bridgehead atoms. The molecule has 2 rings (SSSR count). The van der Waals surface area contributed by atoms with E-state index in [0.717, 1.165) is 35.9 Å². The van der Waals surface area contributed by atoms with Crippen LogP contribution in [0.2, 0.25) is 0 Å². The number of nitrogens with two attached hydrogens (primary N) is 1. The van der Waals surface area contributed by atoms with E-state index in [1.807, 2.05) is 26.0 Å². The number of hydrogen-bond acceptors (Lipinski definition) is 4. The smallest absolute Gasteiger partial charge is 0.158 e. The minimum Gasteiger partial charge on any atom is -0.327 e. The van der Waals surface area contributed by atoms with Crippen LogP contribution in [-0.4, -0.2) is 25.8 Å². The van der Waals surface area contributed by atoms with Crippen molar-refractivity contribution >= 4 is 0 Å². The monoisotopic (exact) mass is 245 g/mol. The Morgan fingerprint density at radius 1 is 1.39 bits per heavy atom. The van der Waals surface area contributed by atoms with Crippen LogP contribution in [-0.2, 0) is 6.42 Å². The first-order chi connectivity index (χ1) is 8.61. The summed E-state index contributed by atoms with van der Waals surface area (Å²) in [4.78, 5) is 8.72. The molecule has 0 aliphatic heterocycles. The van der Waals surface area contributed by atoms with E-state index in [4.69, 9.17) is 5.73 Å². The lowest BCUT2D eigenvalue weighted by molar-refractivity contribution is 0.638. The summed E-state index contributed by atoms with van der Waals surface area (Å²) in [5.41, 5.74) is 7.13. The molecule has 2 aromatic heterocycles. The Morgan fingerprint density at radius 3 is 2.78 bits per heavy atom. The van der Waals surface area contributed by atoms with E-state index in [2.05, 4.69) is 22.0 Å². The van der Waals surface area contributed by atoms with Crippen molar-refractivity contribution in [1.82, 2.24) is 19.7 Å². The molecule has 0 saturated heterocycles. The van der Waals surface area contributed by atoms with Gasteiger partial charge < -0.3 is 5.73 Å². The molecule has 0 amide bonds. The van der Waals surface area contributed by atoms with Gasteiger partial charge in [0, 0.05) is 12.2 Å². The topological polar surface area (TPSA) is 69.6 Å². The summed E-state index contributed by atoms with van der Waals surface area (Å²) in [6.07, 6.45) is 3.52. The van der Waals surface area contributed by atoms with Crippen LogP contribution in [0.25, 0.3) is 5.82 Å². The molecule has 1 atom stereocenters. The van der Waals surface area contributed by atoms with E-state index in [1.165, 1.54) is 0 Å². The summed E-state index contributed by atoms with van der Waals surface area (Å²) in [6.45, 7) is 5.90. The van der Waals surface area contributed by atoms with Gasteiger partial charge in [-0.2, -0.15) is 4.68 Å². The quantitative estimate of drug-likeness (QED) is 0.887. The predicted molar refractivity (Wildman–Crippen MR) is 70.6 cm³/mol. The molecule has 0 spiro atoms. The highest BCUT2D eigenvalue weighted by Gasteiger charge is 2.12. The van der Waals surface area contributed by atoms with E-state index in [-0.39, 0.29) is 6.04 Å². The summed E-state index contributed by atoms with van der Waals surface area (Å²) < 4.78 is 1.78. The van der Waals surface area contributed by atoms with Gasteiger partial charge in [0.15, 0.2) is 5.82 Å². The van der Waals surface area contributed by atoms with E-state index < -0.39 is 0 Å². The fourth-order valence-corrected chi connectivity index (χ4v) is 1.93. The third-order valence-corrected chi connectivity index (χ3v) is 2.95. The number of nitrogens with zero attached hydrogens (tertiary/aromatic N) is 4. The van der Waals surface area contributed by atoms with Gasteiger partial charge in [-0.15, -0.1) is 5.10 Å². The Morgan fingerprint density at radius 2 is 2.17 bits per heavy atom. The van der Waals surface area contributed by atoms with Crippen LogP contribution in [0.4, 0.5) is 0 Å². The molecule has 0 saturated carbocycles. The Hall–Kier alpha value is -1.75. The predicted octanol–water partition coefficient (Wildman–Crippen LogP) is 1.56.